The average Bonchev–Trinajstić information content (AvgIpc) is 2.61. The maximum absolute atomic E-state index is 13.4. The Labute approximate surface area is 161 Å². The molecule has 5 nitrogen and oxygen atoms in total. The van der Waals surface area contributed by atoms with Crippen LogP contribution < -0.4 is 5.43 Å². The molecule has 0 aliphatic heterocycles. The number of carbonyl (C=O) groups excluding carboxylic acids is 1. The number of rotatable bonds is 9. The first-order valence-electron chi connectivity index (χ1n) is 8.26. The van der Waals surface area contributed by atoms with Gasteiger partial charge in [0.2, 0.25) is 5.91 Å². The molecule has 1 amide bonds. The van der Waals surface area contributed by atoms with E-state index in [1.165, 1.54) is 24.0 Å². The van der Waals surface area contributed by atoms with Gasteiger partial charge in [0, 0.05) is 17.0 Å². The van der Waals surface area contributed by atoms with Gasteiger partial charge in [-0.1, -0.05) is 55.1 Å². The number of hydrazone groups is 1. The Morgan fingerprint density at radius 1 is 1.31 bits per heavy atom. The molecule has 1 N–H and O–H groups in total. The monoisotopic (exact) mass is 392 g/mol. The molecule has 0 saturated heterocycles. The van der Waals surface area contributed by atoms with Crippen LogP contribution in [-0.4, -0.2) is 33.6 Å². The van der Waals surface area contributed by atoms with Crippen LogP contribution >= 0.6 is 23.5 Å². The number of hydrogen-bond acceptors (Lipinski definition) is 6. The molecule has 0 aliphatic carbocycles. The first-order chi connectivity index (χ1) is 12.6. The lowest BCUT2D eigenvalue weighted by Crippen LogP contribution is -2.19. The topological polar surface area (TPSA) is 67.2 Å². The molecule has 1 aromatic heterocycles. The molecule has 0 spiro atoms. The van der Waals surface area contributed by atoms with E-state index in [0.717, 1.165) is 34.5 Å². The highest BCUT2D eigenvalue weighted by Gasteiger charge is 2.07. The molecule has 8 heteroatoms. The molecule has 26 heavy (non-hydrogen) atoms. The van der Waals surface area contributed by atoms with Crippen molar-refractivity contribution in [2.45, 2.75) is 36.9 Å². The minimum absolute atomic E-state index is 0.171. The summed E-state index contributed by atoms with van der Waals surface area (Å²) in [5.41, 5.74) is 3.59. The lowest BCUT2D eigenvalue weighted by molar-refractivity contribution is -0.118. The van der Waals surface area contributed by atoms with Gasteiger partial charge in [0.25, 0.3) is 0 Å². The van der Waals surface area contributed by atoms with Gasteiger partial charge in [-0.15, -0.1) is 0 Å². The van der Waals surface area contributed by atoms with E-state index < -0.39 is 0 Å². The van der Waals surface area contributed by atoms with Crippen LogP contribution in [0.4, 0.5) is 4.39 Å². The largest absolute Gasteiger partial charge is 0.272 e. The minimum Gasteiger partial charge on any atom is -0.272 e. The van der Waals surface area contributed by atoms with Crippen molar-refractivity contribution in [3.05, 3.63) is 47.4 Å². The summed E-state index contributed by atoms with van der Waals surface area (Å²) >= 11 is 2.95. The number of thioether (sulfide) groups is 2. The van der Waals surface area contributed by atoms with Crippen LogP contribution in [0.1, 0.15) is 31.0 Å². The second-order valence-electron chi connectivity index (χ2n) is 5.44. The molecule has 138 valence electrons. The third kappa shape index (κ3) is 7.13. The van der Waals surface area contributed by atoms with Crippen LogP contribution in [0.2, 0.25) is 0 Å². The molecule has 1 aromatic carbocycles. The fourth-order valence-corrected chi connectivity index (χ4v) is 3.68. The number of amides is 1. The van der Waals surface area contributed by atoms with Gasteiger partial charge in [-0.05, 0) is 25.5 Å². The summed E-state index contributed by atoms with van der Waals surface area (Å²) in [6, 6.07) is 8.08. The molecule has 1 heterocycles. The molecule has 0 unspecified atom stereocenters. The van der Waals surface area contributed by atoms with Crippen molar-refractivity contribution in [1.29, 1.82) is 0 Å². The fraction of sp³-hybridized carbons (Fsp3) is 0.333. The summed E-state index contributed by atoms with van der Waals surface area (Å²) in [7, 11) is 0. The predicted octanol–water partition coefficient (Wildman–Crippen LogP) is 4.06. The van der Waals surface area contributed by atoms with Gasteiger partial charge >= 0.3 is 0 Å². The number of nitrogens with zero attached hydrogens (tertiary/aromatic N) is 3. The Balaban J connectivity index is 1.84. The predicted molar refractivity (Wildman–Crippen MR) is 105 cm³/mol. The van der Waals surface area contributed by atoms with E-state index in [4.69, 9.17) is 0 Å². The number of carbonyl (C=O) groups is 1. The standard InChI is InChI=1S/C18H21FN4OS2/c1-3-4-9-25-18-21-13(2)10-17(22-18)26-12-16(24)23-20-11-14-7-5-6-8-15(14)19/h5-8,10-11H,3-4,9,12H2,1-2H3,(H,23,24)/b20-11-. The van der Waals surface area contributed by atoms with Crippen LogP contribution in [0.25, 0.3) is 0 Å². The zero-order valence-corrected chi connectivity index (χ0v) is 16.4. The molecule has 2 rings (SSSR count). The van der Waals surface area contributed by atoms with Crippen LogP contribution in [-0.2, 0) is 4.79 Å². The lowest BCUT2D eigenvalue weighted by atomic mass is 10.2. The molecule has 2 aromatic rings. The van der Waals surface area contributed by atoms with E-state index in [0.29, 0.717) is 5.56 Å². The highest BCUT2D eigenvalue weighted by molar-refractivity contribution is 8.00. The second-order valence-corrected chi connectivity index (χ2v) is 7.49. The van der Waals surface area contributed by atoms with Gasteiger partial charge in [-0.3, -0.25) is 4.79 Å². The van der Waals surface area contributed by atoms with E-state index in [9.17, 15) is 9.18 Å². The number of aryl methyl sites for hydroxylation is 1. The van der Waals surface area contributed by atoms with Gasteiger partial charge in [-0.25, -0.2) is 19.8 Å². The molecule has 0 atom stereocenters. The van der Waals surface area contributed by atoms with Gasteiger partial charge in [0.15, 0.2) is 5.16 Å². The van der Waals surface area contributed by atoms with Gasteiger partial charge < -0.3 is 0 Å². The lowest BCUT2D eigenvalue weighted by Gasteiger charge is -2.05. The zero-order chi connectivity index (χ0) is 18.8. The summed E-state index contributed by atoms with van der Waals surface area (Å²) < 4.78 is 13.4. The Bertz CT molecular complexity index is 771. The summed E-state index contributed by atoms with van der Waals surface area (Å²) in [5, 5.41) is 5.27. The van der Waals surface area contributed by atoms with E-state index in [1.807, 2.05) is 13.0 Å². The smallest absolute Gasteiger partial charge is 0.250 e. The molecule has 0 saturated carbocycles. The number of hydrogen-bond donors (Lipinski definition) is 1. The van der Waals surface area contributed by atoms with Crippen LogP contribution in [0, 0.1) is 12.7 Å². The van der Waals surface area contributed by atoms with E-state index >= 15 is 0 Å². The fourth-order valence-electron chi connectivity index (χ4n) is 1.89. The zero-order valence-electron chi connectivity index (χ0n) is 14.7. The van der Waals surface area contributed by atoms with Crippen molar-refractivity contribution in [2.24, 2.45) is 5.10 Å². The van der Waals surface area contributed by atoms with Crippen molar-refractivity contribution in [2.75, 3.05) is 11.5 Å². The van der Waals surface area contributed by atoms with E-state index in [2.05, 4.69) is 27.4 Å². The highest BCUT2D eigenvalue weighted by atomic mass is 32.2. The number of halogens is 1. The van der Waals surface area contributed by atoms with Crippen LogP contribution in [0.5, 0.6) is 0 Å². The van der Waals surface area contributed by atoms with Gasteiger partial charge in [0.05, 0.1) is 12.0 Å². The first-order valence-corrected chi connectivity index (χ1v) is 10.2. The minimum atomic E-state index is -0.385. The molecular formula is C18H21FN4OS2. The van der Waals surface area contributed by atoms with Crippen molar-refractivity contribution in [3.8, 4) is 0 Å². The van der Waals surface area contributed by atoms with Crippen molar-refractivity contribution >= 4 is 35.6 Å². The molecule has 0 fully saturated rings. The van der Waals surface area contributed by atoms with Crippen LogP contribution in [0.15, 0.2) is 45.6 Å². The maximum Gasteiger partial charge on any atom is 0.250 e. The van der Waals surface area contributed by atoms with Gasteiger partial charge in [0.1, 0.15) is 10.8 Å². The molecule has 0 aliphatic rings. The highest BCUT2D eigenvalue weighted by Crippen LogP contribution is 2.21. The average molecular weight is 393 g/mol. The number of benzene rings is 1. The SMILES string of the molecule is CCCCSc1nc(C)cc(SCC(=O)N/N=C\c2ccccc2F)n1. The Kier molecular flexibility index (Phi) is 8.57. The van der Waals surface area contributed by atoms with Crippen molar-refractivity contribution < 1.29 is 9.18 Å². The number of aromatic nitrogens is 2. The summed E-state index contributed by atoms with van der Waals surface area (Å²) in [6.07, 6.45) is 3.54. The quantitative estimate of drug-likeness (QED) is 0.174. The Morgan fingerprint density at radius 2 is 2.12 bits per heavy atom. The van der Waals surface area contributed by atoms with Crippen molar-refractivity contribution in [1.82, 2.24) is 15.4 Å². The first kappa shape index (κ1) is 20.4. The normalized spacial score (nSPS) is 11.0. The van der Waals surface area contributed by atoms with Crippen molar-refractivity contribution in [3.63, 3.8) is 0 Å². The Morgan fingerprint density at radius 3 is 2.88 bits per heavy atom. The van der Waals surface area contributed by atoms with E-state index in [1.54, 1.807) is 30.0 Å². The van der Waals surface area contributed by atoms with Crippen LogP contribution in [0.3, 0.4) is 0 Å². The Hall–Kier alpha value is -1.93. The number of unbranched alkanes of at least 4 members (excludes halogenated alkanes) is 1. The maximum atomic E-state index is 13.4. The third-order valence-corrected chi connectivity index (χ3v) is 5.03. The molecular weight excluding hydrogens is 371 g/mol. The van der Waals surface area contributed by atoms with Gasteiger partial charge in [-0.2, -0.15) is 5.10 Å². The molecule has 0 bridgehead atoms. The summed E-state index contributed by atoms with van der Waals surface area (Å²) in [4.78, 5) is 20.8. The summed E-state index contributed by atoms with van der Waals surface area (Å²) in [6.45, 7) is 4.06. The summed E-state index contributed by atoms with van der Waals surface area (Å²) in [5.74, 6) is 0.489. The number of nitrogens with one attached hydrogen (secondary N) is 1. The second kappa shape index (κ2) is 10.9. The molecule has 0 radical (unpaired) electrons. The third-order valence-electron chi connectivity index (χ3n) is 3.19. The van der Waals surface area contributed by atoms with E-state index in [-0.39, 0.29) is 17.5 Å².